The topological polar surface area (TPSA) is 52.5 Å². The number of aromatic nitrogens is 1. The molecule has 3 rings (SSSR count). The predicted octanol–water partition coefficient (Wildman–Crippen LogP) is 4.37. The number of nitrogens with zero attached hydrogens (tertiary/aromatic N) is 1. The maximum Gasteiger partial charge on any atom is 0.339 e. The first kappa shape index (κ1) is 18.1. The van der Waals surface area contributed by atoms with Gasteiger partial charge in [0.2, 0.25) is 0 Å². The molecule has 1 aromatic carbocycles. The minimum absolute atomic E-state index is 0.446. The van der Waals surface area contributed by atoms with Crippen molar-refractivity contribution >= 4 is 34.2 Å². The monoisotopic (exact) mass is 364 g/mol. The average molecular weight is 365 g/mol. The zero-order valence-electron chi connectivity index (χ0n) is 15.6. The molecule has 0 amide bonds. The van der Waals surface area contributed by atoms with Crippen molar-refractivity contribution in [2.24, 2.45) is 0 Å². The molecule has 5 nitrogen and oxygen atoms in total. The third-order valence-corrected chi connectivity index (χ3v) is 4.98. The summed E-state index contributed by atoms with van der Waals surface area (Å²) < 4.78 is 13.3. The van der Waals surface area contributed by atoms with E-state index in [0.717, 1.165) is 35.2 Å². The Morgan fingerprint density at radius 1 is 1.36 bits per heavy atom. The summed E-state index contributed by atoms with van der Waals surface area (Å²) in [6.45, 7) is 11.5. The summed E-state index contributed by atoms with van der Waals surface area (Å²) in [5, 5.41) is 5.01. The lowest BCUT2D eigenvalue weighted by Crippen LogP contribution is -2.29. The minimum atomic E-state index is -0.870. The fraction of sp³-hybridized carbons (Fsp3) is 0.526. The number of nitrogens with one attached hydrogen (secondary N) is 1. The summed E-state index contributed by atoms with van der Waals surface area (Å²) in [4.78, 5) is 12.5. The van der Waals surface area contributed by atoms with E-state index < -0.39 is 17.7 Å². The van der Waals surface area contributed by atoms with Crippen molar-refractivity contribution in [3.8, 4) is 0 Å². The molecule has 6 heteroatoms. The Morgan fingerprint density at radius 2 is 2.04 bits per heavy atom. The maximum atomic E-state index is 12.5. The van der Waals surface area contributed by atoms with Gasteiger partial charge in [-0.3, -0.25) is 0 Å². The average Bonchev–Trinajstić information content (AvgIpc) is 2.88. The number of carbonyl (C=O) groups is 1. The van der Waals surface area contributed by atoms with Gasteiger partial charge in [-0.25, -0.2) is 4.79 Å². The molecule has 1 unspecified atom stereocenters. The molecule has 136 valence electrons. The van der Waals surface area contributed by atoms with Crippen LogP contribution in [0.4, 0.5) is 5.69 Å². The van der Waals surface area contributed by atoms with Crippen LogP contribution in [0, 0.1) is 13.8 Å². The molecule has 1 atom stereocenters. The number of aryl methyl sites for hydroxylation is 2. The SMILES string of the molecule is COC(=O)C(OC(C)(C)C)c1c(Cl)c2c3c(cc(C)n3CCN2)c1C. The molecular formula is C19H25ClN2O3. The van der Waals surface area contributed by atoms with Gasteiger partial charge in [-0.15, -0.1) is 0 Å². The number of ether oxygens (including phenoxy) is 2. The summed E-state index contributed by atoms with van der Waals surface area (Å²) in [6, 6.07) is 2.15. The number of halogens is 1. The molecule has 1 aromatic heterocycles. The van der Waals surface area contributed by atoms with Crippen LogP contribution in [0.5, 0.6) is 0 Å². The number of hydrogen-bond donors (Lipinski definition) is 1. The van der Waals surface area contributed by atoms with Crippen molar-refractivity contribution in [1.29, 1.82) is 0 Å². The smallest absolute Gasteiger partial charge is 0.339 e. The highest BCUT2D eigenvalue weighted by Crippen LogP contribution is 2.44. The number of methoxy groups -OCH3 is 1. The lowest BCUT2D eigenvalue weighted by Gasteiger charge is -2.29. The Kier molecular flexibility index (Phi) is 4.50. The number of benzene rings is 1. The highest BCUT2D eigenvalue weighted by molar-refractivity contribution is 6.36. The van der Waals surface area contributed by atoms with Crippen LogP contribution in [0.1, 0.15) is 43.7 Å². The second-order valence-electron chi connectivity index (χ2n) is 7.49. The van der Waals surface area contributed by atoms with E-state index in [1.807, 2.05) is 27.7 Å². The Labute approximate surface area is 153 Å². The molecule has 1 aliphatic rings. The van der Waals surface area contributed by atoms with Crippen molar-refractivity contribution < 1.29 is 14.3 Å². The molecule has 0 aliphatic carbocycles. The molecule has 0 radical (unpaired) electrons. The first-order valence-corrected chi connectivity index (χ1v) is 8.84. The van der Waals surface area contributed by atoms with Gasteiger partial charge in [0.25, 0.3) is 0 Å². The summed E-state index contributed by atoms with van der Waals surface area (Å²) in [5.41, 5.74) is 4.25. The van der Waals surface area contributed by atoms with Crippen LogP contribution in [0.25, 0.3) is 10.9 Å². The van der Waals surface area contributed by atoms with E-state index in [9.17, 15) is 4.79 Å². The Bertz CT molecular complexity index is 849. The number of rotatable bonds is 3. The molecule has 1 N–H and O–H groups in total. The standard InChI is InChI=1S/C19H25ClN2O3/c1-10-9-12-11(2)13(17(18(23)24-6)25-19(3,4)5)14(20)15-16(12)22(10)8-7-21-15/h9,17,21H,7-8H2,1-6H3. The van der Waals surface area contributed by atoms with Crippen molar-refractivity contribution in [3.05, 3.63) is 27.9 Å². The summed E-state index contributed by atoms with van der Waals surface area (Å²) in [6.07, 6.45) is -0.870. The molecule has 0 fully saturated rings. The summed E-state index contributed by atoms with van der Waals surface area (Å²) >= 11 is 6.77. The fourth-order valence-electron chi connectivity index (χ4n) is 3.52. The molecule has 0 saturated carbocycles. The lowest BCUT2D eigenvalue weighted by atomic mass is 9.97. The van der Waals surface area contributed by atoms with E-state index in [1.54, 1.807) is 0 Å². The van der Waals surface area contributed by atoms with Gasteiger partial charge in [-0.2, -0.15) is 0 Å². The lowest BCUT2D eigenvalue weighted by molar-refractivity contribution is -0.164. The molecule has 25 heavy (non-hydrogen) atoms. The van der Waals surface area contributed by atoms with E-state index in [0.29, 0.717) is 10.6 Å². The van der Waals surface area contributed by atoms with Crippen LogP contribution >= 0.6 is 11.6 Å². The van der Waals surface area contributed by atoms with E-state index in [1.165, 1.54) is 12.8 Å². The first-order chi connectivity index (χ1) is 11.7. The number of hydrogen-bond acceptors (Lipinski definition) is 4. The van der Waals surface area contributed by atoms with Gasteiger partial charge in [0.1, 0.15) is 0 Å². The quantitative estimate of drug-likeness (QED) is 0.822. The Balaban J connectivity index is 2.30. The highest BCUT2D eigenvalue weighted by atomic mass is 35.5. The van der Waals surface area contributed by atoms with Gasteiger partial charge in [0, 0.05) is 29.7 Å². The number of esters is 1. The predicted molar refractivity (Wildman–Crippen MR) is 101 cm³/mol. The molecule has 0 saturated heterocycles. The van der Waals surface area contributed by atoms with Crippen LogP contribution in [0.3, 0.4) is 0 Å². The maximum absolute atomic E-state index is 12.5. The molecule has 1 aliphatic heterocycles. The summed E-state index contributed by atoms with van der Waals surface area (Å²) in [5.74, 6) is -0.446. The van der Waals surface area contributed by atoms with Gasteiger partial charge in [-0.1, -0.05) is 11.6 Å². The molecule has 2 aromatic rings. The Morgan fingerprint density at radius 3 is 2.64 bits per heavy atom. The van der Waals surface area contributed by atoms with Gasteiger partial charge < -0.3 is 19.4 Å². The van der Waals surface area contributed by atoms with Gasteiger partial charge in [-0.05, 0) is 46.2 Å². The second kappa shape index (κ2) is 6.22. The van der Waals surface area contributed by atoms with Crippen LogP contribution < -0.4 is 5.32 Å². The van der Waals surface area contributed by atoms with Crippen LogP contribution in [0.15, 0.2) is 6.07 Å². The van der Waals surface area contributed by atoms with Crippen molar-refractivity contribution in [3.63, 3.8) is 0 Å². The van der Waals surface area contributed by atoms with E-state index in [4.69, 9.17) is 21.1 Å². The van der Waals surface area contributed by atoms with Gasteiger partial charge in [0.05, 0.1) is 28.9 Å². The molecular weight excluding hydrogens is 340 g/mol. The highest BCUT2D eigenvalue weighted by Gasteiger charge is 2.34. The third kappa shape index (κ3) is 3.00. The van der Waals surface area contributed by atoms with E-state index in [-0.39, 0.29) is 0 Å². The zero-order valence-corrected chi connectivity index (χ0v) is 16.4. The van der Waals surface area contributed by atoms with Crippen LogP contribution in [-0.4, -0.2) is 29.8 Å². The zero-order chi connectivity index (χ0) is 18.5. The number of anilines is 1. The normalized spacial score (nSPS) is 15.2. The van der Waals surface area contributed by atoms with Crippen molar-refractivity contribution in [2.45, 2.75) is 52.9 Å². The fourth-order valence-corrected chi connectivity index (χ4v) is 3.92. The Hall–Kier alpha value is -1.72. The van der Waals surface area contributed by atoms with Crippen LogP contribution in [-0.2, 0) is 20.8 Å². The largest absolute Gasteiger partial charge is 0.467 e. The van der Waals surface area contributed by atoms with Crippen LogP contribution in [0.2, 0.25) is 5.02 Å². The second-order valence-corrected chi connectivity index (χ2v) is 7.87. The van der Waals surface area contributed by atoms with Crippen molar-refractivity contribution in [1.82, 2.24) is 4.57 Å². The molecule has 0 bridgehead atoms. The third-order valence-electron chi connectivity index (χ3n) is 4.59. The molecule has 2 heterocycles. The van der Waals surface area contributed by atoms with Gasteiger partial charge in [0.15, 0.2) is 6.10 Å². The first-order valence-electron chi connectivity index (χ1n) is 8.47. The van der Waals surface area contributed by atoms with E-state index >= 15 is 0 Å². The van der Waals surface area contributed by atoms with Crippen molar-refractivity contribution in [2.75, 3.05) is 19.0 Å². The minimum Gasteiger partial charge on any atom is -0.467 e. The molecule has 0 spiro atoms. The van der Waals surface area contributed by atoms with Gasteiger partial charge >= 0.3 is 5.97 Å². The van der Waals surface area contributed by atoms with E-state index in [2.05, 4.69) is 22.9 Å². The number of carbonyl (C=O) groups excluding carboxylic acids is 1. The summed E-state index contributed by atoms with van der Waals surface area (Å²) in [7, 11) is 1.37.